The summed E-state index contributed by atoms with van der Waals surface area (Å²) in [5, 5.41) is 0. The summed E-state index contributed by atoms with van der Waals surface area (Å²) in [4.78, 5) is 39.9. The summed E-state index contributed by atoms with van der Waals surface area (Å²) in [6.07, 6.45) is 0.285. The molecule has 1 aliphatic rings. The summed E-state index contributed by atoms with van der Waals surface area (Å²) in [6.45, 7) is 2.32. The molecule has 0 spiro atoms. The number of halogens is 1. The molecule has 29 heavy (non-hydrogen) atoms. The molecular formula is C22H23FN2O4. The molecule has 6 nitrogen and oxygen atoms in total. The molecule has 2 aromatic rings. The summed E-state index contributed by atoms with van der Waals surface area (Å²) < 4.78 is 18.6. The van der Waals surface area contributed by atoms with Gasteiger partial charge in [0.1, 0.15) is 5.82 Å². The van der Waals surface area contributed by atoms with Crippen LogP contribution in [0.25, 0.3) is 0 Å². The molecule has 1 heterocycles. The average molecular weight is 398 g/mol. The highest BCUT2D eigenvalue weighted by Crippen LogP contribution is 2.23. The van der Waals surface area contributed by atoms with E-state index in [-0.39, 0.29) is 23.8 Å². The number of benzene rings is 2. The third-order valence-corrected chi connectivity index (χ3v) is 4.78. The van der Waals surface area contributed by atoms with Crippen LogP contribution in [0.5, 0.6) is 0 Å². The molecule has 3 rings (SSSR count). The fraction of sp³-hybridized carbons (Fsp3) is 0.318. The Morgan fingerprint density at radius 1 is 1.21 bits per heavy atom. The van der Waals surface area contributed by atoms with Crippen LogP contribution in [0, 0.1) is 5.82 Å². The van der Waals surface area contributed by atoms with Crippen LogP contribution in [-0.2, 0) is 20.9 Å². The molecule has 0 aromatic heterocycles. The molecule has 0 N–H and O–H groups in total. The smallest absolute Gasteiger partial charge is 0.338 e. The van der Waals surface area contributed by atoms with E-state index in [0.717, 1.165) is 6.42 Å². The van der Waals surface area contributed by atoms with Crippen LogP contribution in [-0.4, -0.2) is 42.4 Å². The topological polar surface area (TPSA) is 66.9 Å². The lowest BCUT2D eigenvalue weighted by molar-refractivity contribution is -0.139. The van der Waals surface area contributed by atoms with E-state index >= 15 is 0 Å². The molecular weight excluding hydrogens is 375 g/mol. The second-order valence-electron chi connectivity index (χ2n) is 7.07. The predicted octanol–water partition coefficient (Wildman–Crippen LogP) is 3.16. The van der Waals surface area contributed by atoms with Crippen molar-refractivity contribution in [1.82, 2.24) is 4.90 Å². The van der Waals surface area contributed by atoms with Crippen LogP contribution in [0.4, 0.5) is 10.1 Å². The van der Waals surface area contributed by atoms with Crippen LogP contribution in [0.15, 0.2) is 48.5 Å². The van der Waals surface area contributed by atoms with Crippen molar-refractivity contribution in [2.45, 2.75) is 32.4 Å². The summed E-state index contributed by atoms with van der Waals surface area (Å²) >= 11 is 0. The van der Waals surface area contributed by atoms with E-state index in [0.29, 0.717) is 24.2 Å². The Morgan fingerprint density at radius 2 is 1.97 bits per heavy atom. The van der Waals surface area contributed by atoms with Gasteiger partial charge in [-0.3, -0.25) is 9.59 Å². The number of rotatable bonds is 6. The molecule has 0 saturated carbocycles. The fourth-order valence-corrected chi connectivity index (χ4v) is 3.30. The van der Waals surface area contributed by atoms with Crippen LogP contribution in [0.2, 0.25) is 0 Å². The number of esters is 1. The van der Waals surface area contributed by atoms with Gasteiger partial charge in [0.25, 0.3) is 5.91 Å². The van der Waals surface area contributed by atoms with E-state index in [2.05, 4.69) is 0 Å². The van der Waals surface area contributed by atoms with Crippen molar-refractivity contribution in [1.29, 1.82) is 0 Å². The lowest BCUT2D eigenvalue weighted by Crippen LogP contribution is -2.37. The van der Waals surface area contributed by atoms with Gasteiger partial charge in [0.05, 0.1) is 5.56 Å². The number of amides is 2. The van der Waals surface area contributed by atoms with Crippen molar-refractivity contribution in [3.05, 3.63) is 65.5 Å². The standard InChI is InChI=1S/C22H23FN2O4/c1-15(21(27)24(2)14-16-6-3-8-18(23)12-16)29-22(28)17-7-4-9-19(13-17)25-11-5-10-20(25)26/h3-4,6-9,12-13,15H,5,10-11,14H2,1-2H3. The quantitative estimate of drug-likeness (QED) is 0.701. The van der Waals surface area contributed by atoms with Crippen LogP contribution >= 0.6 is 0 Å². The Hall–Kier alpha value is -3.22. The van der Waals surface area contributed by atoms with Gasteiger partial charge in [0, 0.05) is 32.2 Å². The number of likely N-dealkylation sites (N-methyl/N-ethyl adjacent to an activating group) is 1. The van der Waals surface area contributed by atoms with Crippen LogP contribution in [0.3, 0.4) is 0 Å². The Morgan fingerprint density at radius 3 is 2.66 bits per heavy atom. The van der Waals surface area contributed by atoms with E-state index in [9.17, 15) is 18.8 Å². The van der Waals surface area contributed by atoms with Crippen LogP contribution in [0.1, 0.15) is 35.7 Å². The van der Waals surface area contributed by atoms with E-state index in [4.69, 9.17) is 4.74 Å². The minimum Gasteiger partial charge on any atom is -0.449 e. The largest absolute Gasteiger partial charge is 0.449 e. The fourth-order valence-electron chi connectivity index (χ4n) is 3.30. The Bertz CT molecular complexity index is 931. The lowest BCUT2D eigenvalue weighted by Gasteiger charge is -2.22. The van der Waals surface area contributed by atoms with Gasteiger partial charge in [-0.15, -0.1) is 0 Å². The van der Waals surface area contributed by atoms with Crippen molar-refractivity contribution in [2.24, 2.45) is 0 Å². The molecule has 0 radical (unpaired) electrons. The number of ether oxygens (including phenoxy) is 1. The lowest BCUT2D eigenvalue weighted by atomic mass is 10.2. The molecule has 0 aliphatic carbocycles. The van der Waals surface area contributed by atoms with Gasteiger partial charge in [0.2, 0.25) is 5.91 Å². The third-order valence-electron chi connectivity index (χ3n) is 4.78. The van der Waals surface area contributed by atoms with Crippen molar-refractivity contribution in [2.75, 3.05) is 18.5 Å². The molecule has 152 valence electrons. The highest BCUT2D eigenvalue weighted by atomic mass is 19.1. The second-order valence-corrected chi connectivity index (χ2v) is 7.07. The first-order valence-electron chi connectivity index (χ1n) is 9.46. The zero-order valence-electron chi connectivity index (χ0n) is 16.4. The zero-order valence-corrected chi connectivity index (χ0v) is 16.4. The Kier molecular flexibility index (Phi) is 6.26. The minimum atomic E-state index is -1.00. The molecule has 1 unspecified atom stereocenters. The van der Waals surface area contributed by atoms with Crippen molar-refractivity contribution in [3.8, 4) is 0 Å². The van der Waals surface area contributed by atoms with Gasteiger partial charge in [-0.05, 0) is 49.2 Å². The number of hydrogen-bond donors (Lipinski definition) is 0. The molecule has 1 saturated heterocycles. The Balaban J connectivity index is 1.62. The molecule has 7 heteroatoms. The predicted molar refractivity (Wildman–Crippen MR) is 106 cm³/mol. The first-order chi connectivity index (χ1) is 13.8. The monoisotopic (exact) mass is 398 g/mol. The molecule has 1 fully saturated rings. The number of carbonyl (C=O) groups is 3. The van der Waals surface area contributed by atoms with E-state index in [1.165, 1.54) is 24.0 Å². The summed E-state index contributed by atoms with van der Waals surface area (Å²) in [5.74, 6) is -1.38. The molecule has 2 aromatic carbocycles. The van der Waals surface area contributed by atoms with Gasteiger partial charge in [0.15, 0.2) is 6.10 Å². The maximum atomic E-state index is 13.3. The number of hydrogen-bond acceptors (Lipinski definition) is 4. The number of carbonyl (C=O) groups excluding carboxylic acids is 3. The first kappa shape index (κ1) is 20.5. The summed E-state index contributed by atoms with van der Waals surface area (Å²) in [5.41, 5.74) is 1.56. The highest BCUT2D eigenvalue weighted by Gasteiger charge is 2.25. The number of anilines is 1. The van der Waals surface area contributed by atoms with Crippen molar-refractivity contribution < 1.29 is 23.5 Å². The first-order valence-corrected chi connectivity index (χ1v) is 9.46. The maximum Gasteiger partial charge on any atom is 0.338 e. The zero-order chi connectivity index (χ0) is 21.0. The normalized spacial score (nSPS) is 14.6. The summed E-state index contributed by atoms with van der Waals surface area (Å²) in [7, 11) is 1.57. The van der Waals surface area contributed by atoms with Crippen molar-refractivity contribution >= 4 is 23.5 Å². The second kappa shape index (κ2) is 8.86. The van der Waals surface area contributed by atoms with E-state index in [1.54, 1.807) is 48.3 Å². The molecule has 1 atom stereocenters. The van der Waals surface area contributed by atoms with Crippen molar-refractivity contribution in [3.63, 3.8) is 0 Å². The third kappa shape index (κ3) is 4.99. The highest BCUT2D eigenvalue weighted by molar-refractivity contribution is 5.98. The Labute approximate surface area is 168 Å². The summed E-state index contributed by atoms with van der Waals surface area (Å²) in [6, 6.07) is 12.6. The van der Waals surface area contributed by atoms with Gasteiger partial charge >= 0.3 is 5.97 Å². The molecule has 1 aliphatic heterocycles. The van der Waals surface area contributed by atoms with E-state index in [1.807, 2.05) is 0 Å². The number of nitrogens with zero attached hydrogens (tertiary/aromatic N) is 2. The van der Waals surface area contributed by atoms with Gasteiger partial charge in [-0.1, -0.05) is 18.2 Å². The van der Waals surface area contributed by atoms with Gasteiger partial charge in [-0.25, -0.2) is 9.18 Å². The maximum absolute atomic E-state index is 13.3. The van der Waals surface area contributed by atoms with Crippen LogP contribution < -0.4 is 4.90 Å². The van der Waals surface area contributed by atoms with Gasteiger partial charge in [-0.2, -0.15) is 0 Å². The SMILES string of the molecule is CC(OC(=O)c1cccc(N2CCCC2=O)c1)C(=O)N(C)Cc1cccc(F)c1. The van der Waals surface area contributed by atoms with Gasteiger partial charge < -0.3 is 14.5 Å². The molecule has 0 bridgehead atoms. The minimum absolute atomic E-state index is 0.0260. The average Bonchev–Trinajstić information content (AvgIpc) is 3.13. The van der Waals surface area contributed by atoms with E-state index < -0.39 is 18.0 Å². The molecule has 2 amide bonds.